The second-order valence-corrected chi connectivity index (χ2v) is 7.14. The first-order valence-electron chi connectivity index (χ1n) is 6.91. The van der Waals surface area contributed by atoms with E-state index < -0.39 is 0 Å². The van der Waals surface area contributed by atoms with Crippen molar-refractivity contribution in [2.24, 2.45) is 5.41 Å². The van der Waals surface area contributed by atoms with Gasteiger partial charge in [-0.2, -0.15) is 0 Å². The number of thiophene rings is 1. The van der Waals surface area contributed by atoms with Crippen molar-refractivity contribution in [2.45, 2.75) is 40.7 Å². The molecule has 0 bridgehead atoms. The third-order valence-electron chi connectivity index (χ3n) is 3.27. The first-order chi connectivity index (χ1) is 9.32. The minimum Gasteiger partial charge on any atom is -0.462 e. The van der Waals surface area contributed by atoms with Gasteiger partial charge in [0.2, 0.25) is 5.91 Å². The van der Waals surface area contributed by atoms with Crippen LogP contribution in [0.25, 0.3) is 0 Å². The molecule has 2 heterocycles. The predicted octanol–water partition coefficient (Wildman–Crippen LogP) is 2.86. The predicted molar refractivity (Wildman–Crippen MR) is 78.9 cm³/mol. The topological polar surface area (TPSA) is 46.6 Å². The molecule has 1 aromatic rings. The molecule has 1 aliphatic rings. The van der Waals surface area contributed by atoms with Gasteiger partial charge in [-0.25, -0.2) is 4.79 Å². The lowest BCUT2D eigenvalue weighted by Gasteiger charge is -2.32. The highest BCUT2D eigenvalue weighted by molar-refractivity contribution is 7.14. The summed E-state index contributed by atoms with van der Waals surface area (Å²) in [7, 11) is 0. The summed E-state index contributed by atoms with van der Waals surface area (Å²) in [6.07, 6.45) is 0.821. The number of nitrogens with zero attached hydrogens (tertiary/aromatic N) is 1. The maximum Gasteiger partial charge on any atom is 0.348 e. The third-order valence-corrected chi connectivity index (χ3v) is 4.49. The standard InChI is InChI=1S/C15H21NO3S/c1-5-19-13(17)12-8-10-9-16(7-6-11(10)20-12)14(18)15(2,3)4/h8H,5-7,9H2,1-4H3. The zero-order chi connectivity index (χ0) is 14.9. The van der Waals surface area contributed by atoms with Crippen LogP contribution in [0.2, 0.25) is 0 Å². The van der Waals surface area contributed by atoms with Crippen LogP contribution >= 0.6 is 11.3 Å². The second-order valence-electron chi connectivity index (χ2n) is 6.01. The Hall–Kier alpha value is -1.36. The van der Waals surface area contributed by atoms with Crippen LogP contribution in [-0.4, -0.2) is 29.9 Å². The fourth-order valence-corrected chi connectivity index (χ4v) is 3.34. The number of amides is 1. The Bertz CT molecular complexity index is 528. The fourth-order valence-electron chi connectivity index (χ4n) is 2.28. The van der Waals surface area contributed by atoms with Crippen molar-refractivity contribution in [1.29, 1.82) is 0 Å². The van der Waals surface area contributed by atoms with E-state index in [4.69, 9.17) is 4.74 Å². The molecule has 1 aliphatic heterocycles. The maximum atomic E-state index is 12.3. The highest BCUT2D eigenvalue weighted by Crippen LogP contribution is 2.30. The minimum atomic E-state index is -0.364. The van der Waals surface area contributed by atoms with Crippen LogP contribution in [0.1, 0.15) is 47.8 Å². The Morgan fingerprint density at radius 2 is 2.10 bits per heavy atom. The lowest BCUT2D eigenvalue weighted by Crippen LogP contribution is -2.41. The Balaban J connectivity index is 2.15. The number of esters is 1. The molecule has 0 spiro atoms. The van der Waals surface area contributed by atoms with Gasteiger partial charge < -0.3 is 9.64 Å². The molecule has 0 atom stereocenters. The molecule has 1 amide bonds. The van der Waals surface area contributed by atoms with E-state index >= 15 is 0 Å². The van der Waals surface area contributed by atoms with Crippen molar-refractivity contribution in [2.75, 3.05) is 13.2 Å². The van der Waals surface area contributed by atoms with Gasteiger partial charge in [0.15, 0.2) is 0 Å². The van der Waals surface area contributed by atoms with E-state index in [-0.39, 0.29) is 17.3 Å². The van der Waals surface area contributed by atoms with Gasteiger partial charge >= 0.3 is 5.97 Å². The second kappa shape index (κ2) is 5.56. The van der Waals surface area contributed by atoms with Gasteiger partial charge in [0.1, 0.15) is 4.88 Å². The summed E-state index contributed by atoms with van der Waals surface area (Å²) < 4.78 is 5.03. The molecule has 0 aromatic carbocycles. The Morgan fingerprint density at radius 3 is 2.70 bits per heavy atom. The Morgan fingerprint density at radius 1 is 1.40 bits per heavy atom. The van der Waals surface area contributed by atoms with Crippen LogP contribution < -0.4 is 0 Å². The largest absolute Gasteiger partial charge is 0.462 e. The van der Waals surface area contributed by atoms with Gasteiger partial charge in [-0.3, -0.25) is 4.79 Å². The van der Waals surface area contributed by atoms with Crippen LogP contribution in [0.3, 0.4) is 0 Å². The molecule has 20 heavy (non-hydrogen) atoms. The SMILES string of the molecule is CCOC(=O)c1cc2c(s1)CCN(C(=O)C(C)(C)C)C2. The summed E-state index contributed by atoms with van der Waals surface area (Å²) >= 11 is 1.49. The molecule has 1 aromatic heterocycles. The van der Waals surface area contributed by atoms with Crippen molar-refractivity contribution < 1.29 is 14.3 Å². The van der Waals surface area contributed by atoms with Gasteiger partial charge in [-0.1, -0.05) is 20.8 Å². The van der Waals surface area contributed by atoms with Crippen molar-refractivity contribution >= 4 is 23.2 Å². The van der Waals surface area contributed by atoms with Gasteiger partial charge in [0.05, 0.1) is 6.61 Å². The number of fused-ring (bicyclic) bond motifs is 1. The summed E-state index contributed by atoms with van der Waals surface area (Å²) in [5, 5.41) is 0. The number of hydrogen-bond donors (Lipinski definition) is 0. The lowest BCUT2D eigenvalue weighted by molar-refractivity contribution is -0.140. The molecule has 0 fully saturated rings. The van der Waals surface area contributed by atoms with Crippen LogP contribution in [0.15, 0.2) is 6.07 Å². The van der Waals surface area contributed by atoms with Gasteiger partial charge in [0, 0.05) is 23.4 Å². The number of carbonyl (C=O) groups is 2. The number of rotatable bonds is 2. The molecule has 110 valence electrons. The Kier molecular flexibility index (Phi) is 4.18. The summed E-state index contributed by atoms with van der Waals surface area (Å²) in [4.78, 5) is 27.8. The van der Waals surface area contributed by atoms with Gasteiger partial charge in [-0.15, -0.1) is 11.3 Å². The fraction of sp³-hybridized carbons (Fsp3) is 0.600. The molecular weight excluding hydrogens is 274 g/mol. The molecule has 4 nitrogen and oxygen atoms in total. The highest BCUT2D eigenvalue weighted by Gasteiger charge is 2.30. The first kappa shape index (κ1) is 15.0. The zero-order valence-electron chi connectivity index (χ0n) is 12.5. The van der Waals surface area contributed by atoms with Crippen molar-refractivity contribution in [3.05, 3.63) is 21.4 Å². The van der Waals surface area contributed by atoms with E-state index in [1.54, 1.807) is 6.92 Å². The molecule has 0 aliphatic carbocycles. The van der Waals surface area contributed by atoms with E-state index in [1.165, 1.54) is 16.2 Å². The van der Waals surface area contributed by atoms with Gasteiger partial charge in [-0.05, 0) is 25.0 Å². The van der Waals surface area contributed by atoms with Crippen molar-refractivity contribution in [3.8, 4) is 0 Å². The van der Waals surface area contributed by atoms with Crippen LogP contribution in [-0.2, 0) is 22.5 Å². The molecule has 5 heteroatoms. The van der Waals surface area contributed by atoms with Gasteiger partial charge in [0.25, 0.3) is 0 Å². The highest BCUT2D eigenvalue weighted by atomic mass is 32.1. The maximum absolute atomic E-state index is 12.3. The van der Waals surface area contributed by atoms with Crippen molar-refractivity contribution in [1.82, 2.24) is 4.90 Å². The average Bonchev–Trinajstić information content (AvgIpc) is 2.79. The number of hydrogen-bond acceptors (Lipinski definition) is 4. The zero-order valence-corrected chi connectivity index (χ0v) is 13.3. The first-order valence-corrected chi connectivity index (χ1v) is 7.72. The quantitative estimate of drug-likeness (QED) is 0.788. The van der Waals surface area contributed by atoms with Crippen LogP contribution in [0, 0.1) is 5.41 Å². The molecule has 0 saturated heterocycles. The lowest BCUT2D eigenvalue weighted by atomic mass is 9.93. The van der Waals surface area contributed by atoms with E-state index in [9.17, 15) is 9.59 Å². The van der Waals surface area contributed by atoms with E-state index in [2.05, 4.69) is 0 Å². The number of carbonyl (C=O) groups excluding carboxylic acids is 2. The minimum absolute atomic E-state index is 0.159. The summed E-state index contributed by atoms with van der Waals surface area (Å²) in [5.74, 6) is -0.104. The van der Waals surface area contributed by atoms with Crippen LogP contribution in [0.4, 0.5) is 0 Å². The molecular formula is C15H21NO3S. The molecule has 0 unspecified atom stereocenters. The van der Waals surface area contributed by atoms with E-state index in [0.717, 1.165) is 18.5 Å². The molecule has 0 radical (unpaired) electrons. The van der Waals surface area contributed by atoms with E-state index in [0.29, 0.717) is 18.0 Å². The molecule has 0 saturated carbocycles. The Labute approximate surface area is 123 Å². The smallest absolute Gasteiger partial charge is 0.348 e. The monoisotopic (exact) mass is 295 g/mol. The molecule has 2 rings (SSSR count). The third kappa shape index (κ3) is 3.03. The number of ether oxygens (including phenoxy) is 1. The summed E-state index contributed by atoms with van der Waals surface area (Å²) in [6.45, 7) is 9.31. The summed E-state index contributed by atoms with van der Waals surface area (Å²) in [6, 6.07) is 1.88. The normalized spacial score (nSPS) is 14.9. The average molecular weight is 295 g/mol. The molecule has 0 N–H and O–H groups in total. The summed E-state index contributed by atoms with van der Waals surface area (Å²) in [5.41, 5.74) is 0.722. The van der Waals surface area contributed by atoms with Crippen LogP contribution in [0.5, 0.6) is 0 Å². The van der Waals surface area contributed by atoms with Crippen molar-refractivity contribution in [3.63, 3.8) is 0 Å². The van der Waals surface area contributed by atoms with E-state index in [1.807, 2.05) is 31.7 Å².